The first kappa shape index (κ1) is 13.8. The van der Waals surface area contributed by atoms with Crippen molar-refractivity contribution in [2.75, 3.05) is 5.32 Å². The maximum atomic E-state index is 11.3. The van der Waals surface area contributed by atoms with Crippen molar-refractivity contribution in [2.45, 2.75) is 65.0 Å². The molecule has 19 heavy (non-hydrogen) atoms. The van der Waals surface area contributed by atoms with Crippen LogP contribution in [0.3, 0.4) is 0 Å². The zero-order valence-electron chi connectivity index (χ0n) is 11.9. The number of nitrogens with one attached hydrogen (secondary N) is 1. The molecule has 106 valence electrons. The summed E-state index contributed by atoms with van der Waals surface area (Å²) in [6.45, 7) is 6.59. The summed E-state index contributed by atoms with van der Waals surface area (Å²) < 4.78 is 1.75. The highest BCUT2D eigenvalue weighted by Crippen LogP contribution is 2.37. The normalized spacial score (nSPS) is 17.6. The van der Waals surface area contributed by atoms with Gasteiger partial charge in [-0.1, -0.05) is 19.8 Å². The van der Waals surface area contributed by atoms with E-state index in [1.807, 2.05) is 6.92 Å². The van der Waals surface area contributed by atoms with E-state index in [0.29, 0.717) is 18.1 Å². The minimum Gasteiger partial charge on any atom is -0.359 e. The first-order chi connectivity index (χ1) is 8.97. The van der Waals surface area contributed by atoms with E-state index >= 15 is 0 Å². The van der Waals surface area contributed by atoms with Gasteiger partial charge in [0.05, 0.1) is 4.92 Å². The van der Waals surface area contributed by atoms with Gasteiger partial charge in [-0.3, -0.25) is 10.1 Å². The van der Waals surface area contributed by atoms with Crippen molar-refractivity contribution < 1.29 is 4.92 Å². The number of nitro groups is 1. The Morgan fingerprint density at radius 1 is 1.47 bits per heavy atom. The highest BCUT2D eigenvalue weighted by Gasteiger charge is 2.34. The molecule has 0 aromatic carbocycles. The summed E-state index contributed by atoms with van der Waals surface area (Å²) in [7, 11) is 0. The topological polar surface area (TPSA) is 73.0 Å². The van der Waals surface area contributed by atoms with Crippen molar-refractivity contribution in [1.29, 1.82) is 0 Å². The number of hydrogen-bond acceptors (Lipinski definition) is 4. The molecular formula is C13H22N4O2. The molecule has 0 atom stereocenters. The first-order valence-corrected chi connectivity index (χ1v) is 6.97. The highest BCUT2D eigenvalue weighted by molar-refractivity contribution is 5.60. The van der Waals surface area contributed by atoms with Gasteiger partial charge in [0.15, 0.2) is 0 Å². The van der Waals surface area contributed by atoms with Crippen LogP contribution in [-0.2, 0) is 6.54 Å². The number of nitrogens with zero attached hydrogens (tertiary/aromatic N) is 3. The third-order valence-electron chi connectivity index (χ3n) is 3.84. The molecule has 1 aliphatic rings. The molecule has 0 aliphatic heterocycles. The Hall–Kier alpha value is -1.59. The van der Waals surface area contributed by atoms with Gasteiger partial charge in [-0.05, 0) is 33.1 Å². The quantitative estimate of drug-likeness (QED) is 0.655. The summed E-state index contributed by atoms with van der Waals surface area (Å²) in [5.41, 5.74) is 0.576. The Bertz CT molecular complexity index is 475. The summed E-state index contributed by atoms with van der Waals surface area (Å²) in [5, 5.41) is 19.0. The van der Waals surface area contributed by atoms with Gasteiger partial charge < -0.3 is 5.32 Å². The summed E-state index contributed by atoms with van der Waals surface area (Å²) in [4.78, 5) is 10.9. The summed E-state index contributed by atoms with van der Waals surface area (Å²) >= 11 is 0. The zero-order chi connectivity index (χ0) is 14.0. The fraction of sp³-hybridized carbons (Fsp3) is 0.769. The van der Waals surface area contributed by atoms with Gasteiger partial charge in [0, 0.05) is 12.1 Å². The molecule has 6 heteroatoms. The van der Waals surface area contributed by atoms with Crippen molar-refractivity contribution in [2.24, 2.45) is 0 Å². The lowest BCUT2D eigenvalue weighted by molar-refractivity contribution is -0.384. The molecule has 1 aromatic rings. The monoisotopic (exact) mass is 266 g/mol. The molecule has 1 aliphatic carbocycles. The summed E-state index contributed by atoms with van der Waals surface area (Å²) in [6.07, 6.45) is 5.38. The van der Waals surface area contributed by atoms with Gasteiger partial charge in [-0.2, -0.15) is 5.10 Å². The van der Waals surface area contributed by atoms with Gasteiger partial charge in [0.2, 0.25) is 5.82 Å². The first-order valence-electron chi connectivity index (χ1n) is 6.97. The number of anilines is 1. The van der Waals surface area contributed by atoms with Crippen molar-refractivity contribution in [3.05, 3.63) is 15.8 Å². The molecule has 1 aromatic heterocycles. The zero-order valence-corrected chi connectivity index (χ0v) is 11.9. The second kappa shape index (κ2) is 5.19. The smallest absolute Gasteiger partial charge is 0.333 e. The maximum Gasteiger partial charge on any atom is 0.333 e. The standard InChI is InChI=1S/C13H22N4O2/c1-4-9-16-12(11(17(18)19)10(2)15-16)14-13(3)7-5-6-8-13/h14H,4-9H2,1-3H3. The Morgan fingerprint density at radius 3 is 2.63 bits per heavy atom. The van der Waals surface area contributed by atoms with Gasteiger partial charge in [0.1, 0.15) is 5.69 Å². The van der Waals surface area contributed by atoms with Crippen molar-refractivity contribution >= 4 is 11.5 Å². The Kier molecular flexibility index (Phi) is 3.78. The second-order valence-corrected chi connectivity index (χ2v) is 5.66. The molecule has 0 amide bonds. The fourth-order valence-electron chi connectivity index (χ4n) is 2.85. The van der Waals surface area contributed by atoms with Crippen molar-refractivity contribution in [3.8, 4) is 0 Å². The van der Waals surface area contributed by atoms with Gasteiger partial charge >= 0.3 is 5.69 Å². The molecular weight excluding hydrogens is 244 g/mol. The average molecular weight is 266 g/mol. The van der Waals surface area contributed by atoms with Crippen LogP contribution in [0.1, 0.15) is 51.6 Å². The summed E-state index contributed by atoms with van der Waals surface area (Å²) in [5.74, 6) is 0.578. The van der Waals surface area contributed by atoms with Crippen LogP contribution in [0.25, 0.3) is 0 Å². The number of aromatic nitrogens is 2. The second-order valence-electron chi connectivity index (χ2n) is 5.66. The van der Waals surface area contributed by atoms with Gasteiger partial charge in [-0.15, -0.1) is 0 Å². The van der Waals surface area contributed by atoms with Crippen molar-refractivity contribution in [1.82, 2.24) is 9.78 Å². The molecule has 0 bridgehead atoms. The van der Waals surface area contributed by atoms with Crippen LogP contribution in [0.2, 0.25) is 0 Å². The Labute approximate surface area is 113 Å². The molecule has 2 rings (SSSR count). The van der Waals surface area contributed by atoms with Crippen LogP contribution in [0.4, 0.5) is 11.5 Å². The Balaban J connectivity index is 2.37. The highest BCUT2D eigenvalue weighted by atomic mass is 16.6. The number of rotatable bonds is 5. The predicted octanol–water partition coefficient (Wildman–Crippen LogP) is 3.25. The molecule has 0 unspecified atom stereocenters. The van der Waals surface area contributed by atoms with E-state index < -0.39 is 0 Å². The molecule has 0 saturated heterocycles. The third-order valence-corrected chi connectivity index (χ3v) is 3.84. The van der Waals surface area contributed by atoms with Crippen LogP contribution in [-0.4, -0.2) is 20.2 Å². The lowest BCUT2D eigenvalue weighted by Crippen LogP contribution is -2.32. The molecule has 0 spiro atoms. The van der Waals surface area contributed by atoms with Crippen molar-refractivity contribution in [3.63, 3.8) is 0 Å². The van der Waals surface area contributed by atoms with E-state index in [4.69, 9.17) is 0 Å². The Morgan fingerprint density at radius 2 is 2.11 bits per heavy atom. The third kappa shape index (κ3) is 2.72. The van der Waals surface area contributed by atoms with E-state index in [9.17, 15) is 10.1 Å². The van der Waals surface area contributed by atoms with E-state index in [0.717, 1.165) is 19.3 Å². The van der Waals surface area contributed by atoms with E-state index in [1.54, 1.807) is 11.6 Å². The van der Waals surface area contributed by atoms with Crippen LogP contribution in [0.5, 0.6) is 0 Å². The molecule has 1 heterocycles. The molecule has 1 fully saturated rings. The molecule has 1 N–H and O–H groups in total. The SMILES string of the molecule is CCCn1nc(C)c([N+](=O)[O-])c1NC1(C)CCCC1. The number of aryl methyl sites for hydroxylation is 2. The lowest BCUT2D eigenvalue weighted by atomic mass is 10.0. The van der Waals surface area contributed by atoms with E-state index in [-0.39, 0.29) is 16.1 Å². The summed E-state index contributed by atoms with van der Waals surface area (Å²) in [6, 6.07) is 0. The minimum absolute atomic E-state index is 0.0390. The van der Waals surface area contributed by atoms with Gasteiger partial charge in [-0.25, -0.2) is 4.68 Å². The average Bonchev–Trinajstić information content (AvgIpc) is 2.85. The number of hydrogen-bond donors (Lipinski definition) is 1. The predicted molar refractivity (Wildman–Crippen MR) is 74.4 cm³/mol. The van der Waals surface area contributed by atoms with Crippen LogP contribution >= 0.6 is 0 Å². The van der Waals surface area contributed by atoms with Crippen LogP contribution in [0, 0.1) is 17.0 Å². The molecule has 6 nitrogen and oxygen atoms in total. The van der Waals surface area contributed by atoms with E-state index in [2.05, 4.69) is 17.3 Å². The molecule has 0 radical (unpaired) electrons. The fourth-order valence-corrected chi connectivity index (χ4v) is 2.85. The maximum absolute atomic E-state index is 11.3. The van der Waals surface area contributed by atoms with Crippen LogP contribution in [0.15, 0.2) is 0 Å². The van der Waals surface area contributed by atoms with E-state index in [1.165, 1.54) is 12.8 Å². The van der Waals surface area contributed by atoms with Crippen LogP contribution < -0.4 is 5.32 Å². The molecule has 1 saturated carbocycles. The largest absolute Gasteiger partial charge is 0.359 e. The minimum atomic E-state index is -0.324. The lowest BCUT2D eigenvalue weighted by Gasteiger charge is -2.26. The van der Waals surface area contributed by atoms with Gasteiger partial charge in [0.25, 0.3) is 0 Å².